The molecule has 0 radical (unpaired) electrons. The molecule has 2 aliphatic heterocycles. The van der Waals surface area contributed by atoms with Crippen LogP contribution in [-0.2, 0) is 9.84 Å². The van der Waals surface area contributed by atoms with Gasteiger partial charge < -0.3 is 0 Å². The lowest BCUT2D eigenvalue weighted by atomic mass is 10.00. The second-order valence-corrected chi connectivity index (χ2v) is 7.93. The van der Waals surface area contributed by atoms with E-state index in [-0.39, 0.29) is 10.5 Å². The first-order valence-corrected chi connectivity index (χ1v) is 8.40. The van der Waals surface area contributed by atoms with E-state index >= 15 is 0 Å². The van der Waals surface area contributed by atoms with Gasteiger partial charge in [0, 0.05) is 12.4 Å². The van der Waals surface area contributed by atoms with Crippen molar-refractivity contribution in [2.24, 2.45) is 0 Å². The Morgan fingerprint density at radius 1 is 1.05 bits per heavy atom. The molecule has 1 fully saturated rings. The average Bonchev–Trinajstić information content (AvgIpc) is 2.67. The third kappa shape index (κ3) is 1.69. The molecule has 0 spiro atoms. The molecule has 5 heteroatoms. The van der Waals surface area contributed by atoms with Crippen molar-refractivity contribution < 1.29 is 8.42 Å². The lowest BCUT2D eigenvalue weighted by molar-refractivity contribution is 0.585. The summed E-state index contributed by atoms with van der Waals surface area (Å²) in [7, 11) is -2.92. The lowest BCUT2D eigenvalue weighted by Gasteiger charge is -2.20. The van der Waals surface area contributed by atoms with E-state index in [1.54, 1.807) is 12.4 Å². The molecule has 0 amide bonds. The summed E-state index contributed by atoms with van der Waals surface area (Å²) in [6.45, 7) is 0. The molecule has 20 heavy (non-hydrogen) atoms. The minimum atomic E-state index is -2.92. The van der Waals surface area contributed by atoms with Crippen LogP contribution in [0, 0.1) is 0 Å². The number of aromatic nitrogens is 2. The number of benzene rings is 1. The quantitative estimate of drug-likeness (QED) is 0.807. The topological polar surface area (TPSA) is 59.9 Å². The van der Waals surface area contributed by atoms with Gasteiger partial charge in [-0.15, -0.1) is 0 Å². The minimum Gasteiger partial charge on any atom is -0.253 e. The van der Waals surface area contributed by atoms with E-state index in [2.05, 4.69) is 9.97 Å². The van der Waals surface area contributed by atoms with E-state index in [1.807, 2.05) is 24.3 Å². The fraction of sp³-hybridized carbons (Fsp3) is 0.333. The summed E-state index contributed by atoms with van der Waals surface area (Å²) in [5.74, 6) is 0. The van der Waals surface area contributed by atoms with Crippen LogP contribution in [0.15, 0.2) is 36.7 Å². The van der Waals surface area contributed by atoms with Crippen LogP contribution in [0.1, 0.15) is 24.8 Å². The van der Waals surface area contributed by atoms with Crippen LogP contribution < -0.4 is 0 Å². The zero-order valence-electron chi connectivity index (χ0n) is 10.9. The van der Waals surface area contributed by atoms with Gasteiger partial charge in [0.05, 0.1) is 21.5 Å². The Morgan fingerprint density at radius 3 is 2.65 bits per heavy atom. The van der Waals surface area contributed by atoms with Gasteiger partial charge in [0.25, 0.3) is 0 Å². The third-order valence-corrected chi connectivity index (χ3v) is 6.88. The maximum Gasteiger partial charge on any atom is 0.159 e. The van der Waals surface area contributed by atoms with Crippen molar-refractivity contribution in [1.82, 2.24) is 9.97 Å². The van der Waals surface area contributed by atoms with Crippen molar-refractivity contribution >= 4 is 26.4 Å². The smallest absolute Gasteiger partial charge is 0.159 e. The van der Waals surface area contributed by atoms with Crippen LogP contribution in [-0.4, -0.2) is 28.9 Å². The molecule has 2 aliphatic rings. The van der Waals surface area contributed by atoms with Gasteiger partial charge in [0.15, 0.2) is 9.84 Å². The Bertz CT molecular complexity index is 827. The molecule has 2 unspecified atom stereocenters. The number of hydrogen-bond donors (Lipinski definition) is 0. The van der Waals surface area contributed by atoms with Crippen LogP contribution in [0.25, 0.3) is 16.6 Å². The first-order valence-electron chi connectivity index (χ1n) is 6.79. The van der Waals surface area contributed by atoms with Crippen molar-refractivity contribution in [2.75, 3.05) is 0 Å². The summed E-state index contributed by atoms with van der Waals surface area (Å²) in [6, 6.07) is 5.97. The number of hydrogen-bond acceptors (Lipinski definition) is 4. The second kappa shape index (κ2) is 4.12. The molecule has 4 rings (SSSR count). The van der Waals surface area contributed by atoms with E-state index in [9.17, 15) is 8.42 Å². The van der Waals surface area contributed by atoms with Crippen LogP contribution in [0.2, 0.25) is 0 Å². The molecule has 0 aliphatic carbocycles. The molecule has 1 saturated heterocycles. The summed E-state index contributed by atoms with van der Waals surface area (Å²) in [5.41, 5.74) is 3.93. The van der Waals surface area contributed by atoms with Crippen LogP contribution in [0.4, 0.5) is 0 Å². The van der Waals surface area contributed by atoms with Crippen molar-refractivity contribution in [3.05, 3.63) is 42.2 Å². The van der Waals surface area contributed by atoms with E-state index < -0.39 is 9.84 Å². The van der Waals surface area contributed by atoms with Gasteiger partial charge in [-0.3, -0.25) is 9.97 Å². The first kappa shape index (κ1) is 12.0. The highest BCUT2D eigenvalue weighted by Crippen LogP contribution is 2.40. The number of fused-ring (bicyclic) bond motifs is 3. The Hall–Kier alpha value is -1.75. The van der Waals surface area contributed by atoms with E-state index in [0.717, 1.165) is 35.0 Å². The van der Waals surface area contributed by atoms with E-state index in [1.165, 1.54) is 0 Å². The maximum atomic E-state index is 12.1. The molecule has 2 atom stereocenters. The van der Waals surface area contributed by atoms with Crippen molar-refractivity contribution in [1.29, 1.82) is 0 Å². The zero-order chi connectivity index (χ0) is 13.7. The highest BCUT2D eigenvalue weighted by atomic mass is 32.2. The highest BCUT2D eigenvalue weighted by Gasteiger charge is 2.43. The summed E-state index contributed by atoms with van der Waals surface area (Å²) in [6.07, 6.45) is 7.48. The molecule has 0 saturated carbocycles. The summed E-state index contributed by atoms with van der Waals surface area (Å²) in [5, 5.41) is -0.473. The van der Waals surface area contributed by atoms with Crippen molar-refractivity contribution in [2.45, 2.75) is 29.8 Å². The fourth-order valence-corrected chi connectivity index (χ4v) is 5.43. The molecule has 0 N–H and O–H groups in total. The number of rotatable bonds is 1. The monoisotopic (exact) mass is 286 g/mol. The summed E-state index contributed by atoms with van der Waals surface area (Å²) >= 11 is 0. The fourth-order valence-electron chi connectivity index (χ4n) is 3.24. The molecule has 2 bridgehead atoms. The molecule has 102 valence electrons. The Morgan fingerprint density at radius 2 is 1.85 bits per heavy atom. The molecule has 2 aromatic rings. The van der Waals surface area contributed by atoms with Gasteiger partial charge in [-0.25, -0.2) is 8.42 Å². The predicted molar refractivity (Wildman–Crippen MR) is 77.9 cm³/mol. The molecule has 3 heterocycles. The zero-order valence-corrected chi connectivity index (χ0v) is 11.7. The SMILES string of the molecule is O=S1(=O)C2C=C(c3ccc4nccnc4c3)CC1CC2. The van der Waals surface area contributed by atoms with Crippen LogP contribution in [0.5, 0.6) is 0 Å². The first-order chi connectivity index (χ1) is 9.64. The third-order valence-electron chi connectivity index (χ3n) is 4.33. The Labute approximate surface area is 117 Å². The number of nitrogens with zero attached hydrogens (tertiary/aromatic N) is 2. The molecular weight excluding hydrogens is 272 g/mol. The second-order valence-electron chi connectivity index (χ2n) is 5.48. The number of allylic oxidation sites excluding steroid dienone is 1. The van der Waals surface area contributed by atoms with Gasteiger partial charge in [-0.2, -0.15) is 0 Å². The Balaban J connectivity index is 1.81. The summed E-state index contributed by atoms with van der Waals surface area (Å²) in [4.78, 5) is 8.57. The van der Waals surface area contributed by atoms with Gasteiger partial charge in [-0.1, -0.05) is 12.1 Å². The maximum absolute atomic E-state index is 12.1. The van der Waals surface area contributed by atoms with Crippen LogP contribution in [0.3, 0.4) is 0 Å². The predicted octanol–water partition coefficient (Wildman–Crippen LogP) is 2.36. The van der Waals surface area contributed by atoms with E-state index in [4.69, 9.17) is 0 Å². The van der Waals surface area contributed by atoms with Gasteiger partial charge in [0.2, 0.25) is 0 Å². The Kier molecular flexibility index (Phi) is 2.48. The van der Waals surface area contributed by atoms with Crippen molar-refractivity contribution in [3.8, 4) is 0 Å². The number of sulfone groups is 1. The average molecular weight is 286 g/mol. The van der Waals surface area contributed by atoms with Gasteiger partial charge in [0.1, 0.15) is 0 Å². The van der Waals surface area contributed by atoms with Gasteiger partial charge in [-0.05, 0) is 42.5 Å². The van der Waals surface area contributed by atoms with E-state index in [0.29, 0.717) is 6.42 Å². The van der Waals surface area contributed by atoms with Gasteiger partial charge >= 0.3 is 0 Å². The minimum absolute atomic E-state index is 0.190. The highest BCUT2D eigenvalue weighted by molar-refractivity contribution is 7.93. The summed E-state index contributed by atoms with van der Waals surface area (Å²) < 4.78 is 24.2. The van der Waals surface area contributed by atoms with Crippen LogP contribution >= 0.6 is 0 Å². The van der Waals surface area contributed by atoms with Crippen molar-refractivity contribution in [3.63, 3.8) is 0 Å². The lowest BCUT2D eigenvalue weighted by Crippen LogP contribution is -2.26. The largest absolute Gasteiger partial charge is 0.253 e. The molecular formula is C15H14N2O2S. The standard InChI is InChI=1S/C15H14N2O2S/c18-20(19)12-2-3-13(20)8-11(7-12)10-1-4-14-15(9-10)17-6-5-16-14/h1,4-7,9,12-13H,2-3,8H2. The normalized spacial score (nSPS) is 27.5. The molecule has 1 aromatic heterocycles. The molecule has 4 nitrogen and oxygen atoms in total. The molecule has 1 aromatic carbocycles.